The summed E-state index contributed by atoms with van der Waals surface area (Å²) in [5.41, 5.74) is 10.1. The number of carbonyl (C=O) groups excluding carboxylic acids is 1. The zero-order valence-corrected chi connectivity index (χ0v) is 20.2. The van der Waals surface area contributed by atoms with Crippen LogP contribution in [0.4, 0.5) is 5.95 Å². The molecule has 0 aliphatic heterocycles. The van der Waals surface area contributed by atoms with Crippen molar-refractivity contribution in [1.29, 1.82) is 0 Å². The molecule has 0 atom stereocenters. The topological polar surface area (TPSA) is 101 Å². The van der Waals surface area contributed by atoms with Gasteiger partial charge in [-0.15, -0.1) is 0 Å². The summed E-state index contributed by atoms with van der Waals surface area (Å²) < 4.78 is 13.8. The van der Waals surface area contributed by atoms with Gasteiger partial charge in [0, 0.05) is 12.7 Å². The minimum absolute atomic E-state index is 0.0452. The molecule has 0 saturated heterocycles. The van der Waals surface area contributed by atoms with Gasteiger partial charge >= 0.3 is 5.97 Å². The number of esters is 1. The van der Waals surface area contributed by atoms with Gasteiger partial charge in [-0.05, 0) is 55.5 Å². The van der Waals surface area contributed by atoms with Crippen molar-refractivity contribution in [3.63, 3.8) is 0 Å². The summed E-state index contributed by atoms with van der Waals surface area (Å²) in [6.45, 7) is 4.42. The lowest BCUT2D eigenvalue weighted by molar-refractivity contribution is 0.0279. The first-order valence-corrected chi connectivity index (χ1v) is 11.6. The Kier molecular flexibility index (Phi) is 7.31. The predicted octanol–water partition coefficient (Wildman–Crippen LogP) is 3.78. The van der Waals surface area contributed by atoms with E-state index in [4.69, 9.17) is 15.2 Å². The second-order valence-electron chi connectivity index (χ2n) is 8.70. The van der Waals surface area contributed by atoms with E-state index in [-0.39, 0.29) is 30.3 Å². The van der Waals surface area contributed by atoms with Gasteiger partial charge in [0.1, 0.15) is 12.4 Å². The molecule has 0 unspecified atom stereocenters. The van der Waals surface area contributed by atoms with Gasteiger partial charge in [0.2, 0.25) is 5.95 Å². The van der Waals surface area contributed by atoms with E-state index in [0.29, 0.717) is 36.0 Å². The number of rotatable bonds is 9. The van der Waals surface area contributed by atoms with Crippen LogP contribution in [0.15, 0.2) is 65.6 Å². The number of nitrogens with two attached hydrogens (primary N) is 1. The van der Waals surface area contributed by atoms with Gasteiger partial charge in [0.15, 0.2) is 0 Å². The zero-order chi connectivity index (χ0) is 24.9. The van der Waals surface area contributed by atoms with E-state index < -0.39 is 0 Å². The number of carbonyl (C=O) groups is 1. The van der Waals surface area contributed by atoms with Crippen LogP contribution in [0.25, 0.3) is 11.0 Å². The van der Waals surface area contributed by atoms with Gasteiger partial charge in [-0.3, -0.25) is 9.36 Å². The second kappa shape index (κ2) is 10.6. The molecule has 2 aromatic carbocycles. The summed E-state index contributed by atoms with van der Waals surface area (Å²) >= 11 is 0. The summed E-state index contributed by atoms with van der Waals surface area (Å²) in [5.74, 6) is -0.242. The molecule has 0 saturated carbocycles. The molecule has 0 spiro atoms. The Morgan fingerprint density at radius 3 is 2.40 bits per heavy atom. The fourth-order valence-electron chi connectivity index (χ4n) is 4.00. The Balaban J connectivity index is 1.70. The number of benzene rings is 2. The van der Waals surface area contributed by atoms with Crippen LogP contribution < -0.4 is 11.3 Å². The molecular formula is C27H30N4O4. The smallest absolute Gasteiger partial charge is 0.337 e. The number of ether oxygens (including phenoxy) is 2. The third kappa shape index (κ3) is 5.44. The lowest BCUT2D eigenvalue weighted by Crippen LogP contribution is -2.27. The first kappa shape index (κ1) is 24.2. The molecule has 4 aromatic rings. The molecule has 0 fully saturated rings. The summed E-state index contributed by atoms with van der Waals surface area (Å²) in [7, 11) is 1.36. The maximum Gasteiger partial charge on any atom is 0.337 e. The third-order valence-corrected chi connectivity index (χ3v) is 5.88. The number of aryl methyl sites for hydroxylation is 2. The van der Waals surface area contributed by atoms with Crippen LogP contribution in [-0.2, 0) is 35.6 Å². The Morgan fingerprint density at radius 1 is 1.03 bits per heavy atom. The van der Waals surface area contributed by atoms with Crippen LogP contribution in [0.5, 0.6) is 0 Å². The number of methoxy groups -OCH3 is 1. The average molecular weight is 475 g/mol. The molecule has 8 heteroatoms. The van der Waals surface area contributed by atoms with Crippen LogP contribution >= 0.6 is 0 Å². The van der Waals surface area contributed by atoms with E-state index in [1.54, 1.807) is 12.1 Å². The van der Waals surface area contributed by atoms with E-state index in [1.165, 1.54) is 11.7 Å². The van der Waals surface area contributed by atoms with Gasteiger partial charge in [0.05, 0.1) is 24.2 Å². The highest BCUT2D eigenvalue weighted by Crippen LogP contribution is 2.22. The fourth-order valence-corrected chi connectivity index (χ4v) is 4.00. The molecule has 4 rings (SSSR count). The van der Waals surface area contributed by atoms with Crippen molar-refractivity contribution in [2.24, 2.45) is 0 Å². The second-order valence-corrected chi connectivity index (χ2v) is 8.70. The Hall–Kier alpha value is -3.91. The van der Waals surface area contributed by atoms with Crippen molar-refractivity contribution in [2.45, 2.75) is 46.1 Å². The lowest BCUT2D eigenvalue weighted by Gasteiger charge is -2.13. The van der Waals surface area contributed by atoms with Gasteiger partial charge in [-0.1, -0.05) is 42.5 Å². The summed E-state index contributed by atoms with van der Waals surface area (Å²) in [5, 5.41) is 0.550. The summed E-state index contributed by atoms with van der Waals surface area (Å²) in [4.78, 5) is 29.8. The molecule has 2 N–H and O–H groups in total. The van der Waals surface area contributed by atoms with E-state index in [0.717, 1.165) is 16.7 Å². The molecule has 2 aromatic heterocycles. The summed E-state index contributed by atoms with van der Waals surface area (Å²) in [6, 6.07) is 17.3. The van der Waals surface area contributed by atoms with Gasteiger partial charge in [-0.2, -0.15) is 4.98 Å². The Bertz CT molecular complexity index is 1370. The van der Waals surface area contributed by atoms with Crippen LogP contribution in [0, 0.1) is 0 Å². The highest BCUT2D eigenvalue weighted by molar-refractivity contribution is 5.89. The minimum Gasteiger partial charge on any atom is -0.465 e. The number of nitrogen functional groups attached to an aromatic ring is 1. The standard InChI is InChI=1S/C27H30N4O4/c1-18(2)35-17-31-25(32)23-22(14-11-19-9-12-21(13-10-19)26(33)34-3)16-30(24(23)29-27(31)28)15-20-7-5-4-6-8-20/h4-10,12-13,16,18H,11,14-15,17H2,1-3H3,(H2,28,29). The SMILES string of the molecule is COC(=O)c1ccc(CCc2cn(Cc3ccccc3)c3nc(N)n(COC(C)C)c(=O)c23)cc1. The normalized spacial score (nSPS) is 11.3. The fraction of sp³-hybridized carbons (Fsp3) is 0.296. The maximum absolute atomic E-state index is 13.5. The third-order valence-electron chi connectivity index (χ3n) is 5.88. The largest absolute Gasteiger partial charge is 0.465 e. The van der Waals surface area contributed by atoms with E-state index in [9.17, 15) is 9.59 Å². The van der Waals surface area contributed by atoms with Crippen LogP contribution in [0.3, 0.4) is 0 Å². The minimum atomic E-state index is -0.367. The van der Waals surface area contributed by atoms with Crippen molar-refractivity contribution >= 4 is 23.0 Å². The van der Waals surface area contributed by atoms with Crippen molar-refractivity contribution in [3.8, 4) is 0 Å². The summed E-state index contributed by atoms with van der Waals surface area (Å²) in [6.07, 6.45) is 3.26. The predicted molar refractivity (Wildman–Crippen MR) is 135 cm³/mol. The lowest BCUT2D eigenvalue weighted by atomic mass is 10.0. The monoisotopic (exact) mass is 474 g/mol. The molecule has 0 aliphatic carbocycles. The number of fused-ring (bicyclic) bond motifs is 1. The maximum atomic E-state index is 13.5. The van der Waals surface area contributed by atoms with Crippen molar-refractivity contribution in [1.82, 2.24) is 14.1 Å². The molecule has 0 radical (unpaired) electrons. The zero-order valence-electron chi connectivity index (χ0n) is 20.2. The number of anilines is 1. The quantitative estimate of drug-likeness (QED) is 0.371. The first-order chi connectivity index (χ1) is 16.9. The van der Waals surface area contributed by atoms with Crippen molar-refractivity contribution in [3.05, 3.63) is 93.4 Å². The Labute approximate surface area is 203 Å². The number of nitrogens with zero attached hydrogens (tertiary/aromatic N) is 3. The van der Waals surface area contributed by atoms with Gasteiger partial charge < -0.3 is 19.8 Å². The number of aromatic nitrogens is 3. The molecule has 0 amide bonds. The van der Waals surface area contributed by atoms with E-state index >= 15 is 0 Å². The number of hydrogen-bond acceptors (Lipinski definition) is 6. The highest BCUT2D eigenvalue weighted by Gasteiger charge is 2.18. The van der Waals surface area contributed by atoms with Crippen molar-refractivity contribution < 1.29 is 14.3 Å². The van der Waals surface area contributed by atoms with Gasteiger partial charge in [0.25, 0.3) is 5.56 Å². The molecule has 35 heavy (non-hydrogen) atoms. The first-order valence-electron chi connectivity index (χ1n) is 11.6. The molecular weight excluding hydrogens is 444 g/mol. The molecule has 182 valence electrons. The molecule has 0 bridgehead atoms. The van der Waals surface area contributed by atoms with Crippen molar-refractivity contribution in [2.75, 3.05) is 12.8 Å². The van der Waals surface area contributed by atoms with Gasteiger partial charge in [-0.25, -0.2) is 4.79 Å². The highest BCUT2D eigenvalue weighted by atomic mass is 16.5. The Morgan fingerprint density at radius 2 is 1.74 bits per heavy atom. The van der Waals surface area contributed by atoms with Crippen LogP contribution in [0.1, 0.15) is 40.9 Å². The number of hydrogen-bond donors (Lipinski definition) is 1. The van der Waals surface area contributed by atoms with E-state index in [2.05, 4.69) is 4.98 Å². The molecule has 8 nitrogen and oxygen atoms in total. The van der Waals surface area contributed by atoms with E-state index in [1.807, 2.05) is 67.1 Å². The molecule has 2 heterocycles. The average Bonchev–Trinajstić information content (AvgIpc) is 3.19. The molecule has 0 aliphatic rings. The van der Waals surface area contributed by atoms with Crippen LogP contribution in [-0.4, -0.2) is 33.3 Å². The van der Waals surface area contributed by atoms with Crippen LogP contribution in [0.2, 0.25) is 0 Å².